The van der Waals surface area contributed by atoms with Crippen LogP contribution in [0.1, 0.15) is 19.8 Å². The summed E-state index contributed by atoms with van der Waals surface area (Å²) < 4.78 is 0. The highest BCUT2D eigenvalue weighted by molar-refractivity contribution is 5.82. The van der Waals surface area contributed by atoms with Gasteiger partial charge >= 0.3 is 0 Å². The molecular formula is C13H20N4O. The highest BCUT2D eigenvalue weighted by Crippen LogP contribution is 2.32. The van der Waals surface area contributed by atoms with Crippen LogP contribution in [0.5, 0.6) is 0 Å². The van der Waals surface area contributed by atoms with Crippen molar-refractivity contribution >= 4 is 11.9 Å². The molecule has 1 aromatic heterocycles. The lowest BCUT2D eigenvalue weighted by Gasteiger charge is -2.40. The first-order chi connectivity index (χ1) is 8.53. The lowest BCUT2D eigenvalue weighted by molar-refractivity contribution is -0.139. The number of carbonyl (C=O) groups excluding carboxylic acids is 1. The third-order valence-electron chi connectivity index (χ3n) is 3.45. The van der Waals surface area contributed by atoms with Gasteiger partial charge in [-0.25, -0.2) is 9.97 Å². The molecule has 1 aliphatic heterocycles. The van der Waals surface area contributed by atoms with Crippen LogP contribution in [0.25, 0.3) is 0 Å². The molecule has 1 aliphatic rings. The van der Waals surface area contributed by atoms with Gasteiger partial charge in [-0.2, -0.15) is 0 Å². The highest BCUT2D eigenvalue weighted by Gasteiger charge is 2.39. The summed E-state index contributed by atoms with van der Waals surface area (Å²) in [5.41, 5.74) is -0.332. The van der Waals surface area contributed by atoms with Gasteiger partial charge in [0.25, 0.3) is 0 Å². The number of amides is 1. The van der Waals surface area contributed by atoms with E-state index in [0.29, 0.717) is 6.54 Å². The summed E-state index contributed by atoms with van der Waals surface area (Å²) >= 11 is 0. The molecular weight excluding hydrogens is 228 g/mol. The molecule has 0 unspecified atom stereocenters. The fourth-order valence-corrected chi connectivity index (χ4v) is 2.58. The van der Waals surface area contributed by atoms with E-state index in [1.54, 1.807) is 23.4 Å². The van der Waals surface area contributed by atoms with Crippen LogP contribution in [0.2, 0.25) is 0 Å². The first-order valence-electron chi connectivity index (χ1n) is 6.27. The molecule has 1 fully saturated rings. The summed E-state index contributed by atoms with van der Waals surface area (Å²) in [6.07, 6.45) is 5.39. The van der Waals surface area contributed by atoms with Crippen LogP contribution in [-0.4, -0.2) is 48.0 Å². The molecule has 0 spiro atoms. The summed E-state index contributed by atoms with van der Waals surface area (Å²) in [6.45, 7) is 3.64. The zero-order valence-electron chi connectivity index (χ0n) is 11.3. The Kier molecular flexibility index (Phi) is 3.50. The Morgan fingerprint density at radius 2 is 2.06 bits per heavy atom. The Morgan fingerprint density at radius 3 is 2.67 bits per heavy atom. The maximum absolute atomic E-state index is 12.3. The molecule has 5 nitrogen and oxygen atoms in total. The number of carbonyl (C=O) groups is 1. The molecule has 0 bridgehead atoms. The van der Waals surface area contributed by atoms with Crippen LogP contribution < -0.4 is 4.90 Å². The minimum Gasteiger partial charge on any atom is -0.348 e. The van der Waals surface area contributed by atoms with E-state index in [-0.39, 0.29) is 11.3 Å². The summed E-state index contributed by atoms with van der Waals surface area (Å²) in [5.74, 6) is 0.901. The smallest absolute Gasteiger partial charge is 0.229 e. The van der Waals surface area contributed by atoms with Gasteiger partial charge in [0, 0.05) is 39.6 Å². The Hall–Kier alpha value is -1.65. The van der Waals surface area contributed by atoms with Gasteiger partial charge in [0.2, 0.25) is 11.9 Å². The van der Waals surface area contributed by atoms with Crippen molar-refractivity contribution in [3.8, 4) is 0 Å². The number of piperidine rings is 1. The number of nitrogens with zero attached hydrogens (tertiary/aromatic N) is 4. The average molecular weight is 248 g/mol. The second kappa shape index (κ2) is 4.92. The van der Waals surface area contributed by atoms with Crippen LogP contribution in [0.3, 0.4) is 0 Å². The van der Waals surface area contributed by atoms with Crippen LogP contribution in [0.15, 0.2) is 18.5 Å². The summed E-state index contributed by atoms with van der Waals surface area (Å²) in [7, 11) is 3.62. The van der Waals surface area contributed by atoms with E-state index < -0.39 is 0 Å². The molecule has 0 N–H and O–H groups in total. The van der Waals surface area contributed by atoms with E-state index >= 15 is 0 Å². The Morgan fingerprint density at radius 1 is 1.39 bits per heavy atom. The van der Waals surface area contributed by atoms with E-state index in [1.807, 2.05) is 21.0 Å². The predicted octanol–water partition coefficient (Wildman–Crippen LogP) is 1.17. The SMILES string of the molecule is CN(C)C(=O)[C@]1(C)CCCN(c2ncccn2)C1. The van der Waals surface area contributed by atoms with Gasteiger partial charge in [-0.1, -0.05) is 0 Å². The summed E-state index contributed by atoms with van der Waals surface area (Å²) in [6, 6.07) is 1.80. The molecule has 1 atom stereocenters. The maximum Gasteiger partial charge on any atom is 0.229 e. The van der Waals surface area contributed by atoms with Crippen LogP contribution >= 0.6 is 0 Å². The molecule has 0 aromatic carbocycles. The molecule has 1 saturated heterocycles. The predicted molar refractivity (Wildman–Crippen MR) is 70.3 cm³/mol. The second-order valence-electron chi connectivity index (χ2n) is 5.33. The first kappa shape index (κ1) is 12.8. The van der Waals surface area contributed by atoms with Crippen LogP contribution in [0, 0.1) is 5.41 Å². The summed E-state index contributed by atoms with van der Waals surface area (Å²) in [5, 5.41) is 0. The van der Waals surface area contributed by atoms with Crippen molar-refractivity contribution in [2.45, 2.75) is 19.8 Å². The van der Waals surface area contributed by atoms with E-state index in [2.05, 4.69) is 14.9 Å². The molecule has 98 valence electrons. The van der Waals surface area contributed by atoms with Gasteiger partial charge in [-0.05, 0) is 25.8 Å². The van der Waals surface area contributed by atoms with Gasteiger partial charge in [-0.3, -0.25) is 4.79 Å². The van der Waals surface area contributed by atoms with Gasteiger partial charge in [0.05, 0.1) is 5.41 Å². The molecule has 1 aromatic rings. The van der Waals surface area contributed by atoms with E-state index in [1.165, 1.54) is 0 Å². The van der Waals surface area contributed by atoms with Crippen LogP contribution in [0.4, 0.5) is 5.95 Å². The molecule has 1 amide bonds. The van der Waals surface area contributed by atoms with Crippen molar-refractivity contribution in [1.82, 2.24) is 14.9 Å². The minimum absolute atomic E-state index is 0.183. The fraction of sp³-hybridized carbons (Fsp3) is 0.615. The lowest BCUT2D eigenvalue weighted by atomic mass is 9.80. The molecule has 0 saturated carbocycles. The van der Waals surface area contributed by atoms with Crippen molar-refractivity contribution in [3.05, 3.63) is 18.5 Å². The summed E-state index contributed by atoms with van der Waals surface area (Å²) in [4.78, 5) is 24.6. The van der Waals surface area contributed by atoms with Crippen LogP contribution in [-0.2, 0) is 4.79 Å². The van der Waals surface area contributed by atoms with E-state index in [4.69, 9.17) is 0 Å². The molecule has 2 rings (SSSR count). The zero-order valence-corrected chi connectivity index (χ0v) is 11.3. The zero-order chi connectivity index (χ0) is 13.2. The maximum atomic E-state index is 12.3. The molecule has 5 heteroatoms. The third kappa shape index (κ3) is 2.44. The monoisotopic (exact) mass is 248 g/mol. The second-order valence-corrected chi connectivity index (χ2v) is 5.33. The molecule has 0 radical (unpaired) electrons. The Balaban J connectivity index is 2.16. The number of anilines is 1. The quantitative estimate of drug-likeness (QED) is 0.788. The van der Waals surface area contributed by atoms with Gasteiger partial charge in [0.15, 0.2) is 0 Å². The topological polar surface area (TPSA) is 49.3 Å². The van der Waals surface area contributed by atoms with Crippen molar-refractivity contribution in [2.24, 2.45) is 5.41 Å². The van der Waals surface area contributed by atoms with Crippen molar-refractivity contribution < 1.29 is 4.79 Å². The first-order valence-corrected chi connectivity index (χ1v) is 6.27. The Labute approximate surface area is 108 Å². The molecule has 2 heterocycles. The largest absolute Gasteiger partial charge is 0.348 e. The van der Waals surface area contributed by atoms with Gasteiger partial charge < -0.3 is 9.80 Å². The van der Waals surface area contributed by atoms with Crippen molar-refractivity contribution in [1.29, 1.82) is 0 Å². The van der Waals surface area contributed by atoms with E-state index in [9.17, 15) is 4.79 Å². The van der Waals surface area contributed by atoms with Crippen molar-refractivity contribution in [3.63, 3.8) is 0 Å². The van der Waals surface area contributed by atoms with Gasteiger partial charge in [0.1, 0.15) is 0 Å². The standard InChI is InChI=1S/C13H20N4O/c1-13(11(18)16(2)3)6-4-9-17(10-13)12-14-7-5-8-15-12/h5,7-8H,4,6,9-10H2,1-3H3/t13-/m1/s1. The molecule has 18 heavy (non-hydrogen) atoms. The lowest BCUT2D eigenvalue weighted by Crippen LogP contribution is -2.50. The number of aromatic nitrogens is 2. The third-order valence-corrected chi connectivity index (χ3v) is 3.45. The number of rotatable bonds is 2. The normalized spacial score (nSPS) is 23.8. The van der Waals surface area contributed by atoms with Gasteiger partial charge in [-0.15, -0.1) is 0 Å². The van der Waals surface area contributed by atoms with Crippen molar-refractivity contribution in [2.75, 3.05) is 32.1 Å². The van der Waals surface area contributed by atoms with E-state index in [0.717, 1.165) is 25.3 Å². The highest BCUT2D eigenvalue weighted by atomic mass is 16.2. The minimum atomic E-state index is -0.332. The Bertz CT molecular complexity index is 420. The molecule has 0 aliphatic carbocycles. The number of hydrogen-bond acceptors (Lipinski definition) is 4. The number of hydrogen-bond donors (Lipinski definition) is 0. The fourth-order valence-electron chi connectivity index (χ4n) is 2.58. The average Bonchev–Trinajstić information content (AvgIpc) is 2.39.